The second-order valence-corrected chi connectivity index (χ2v) is 5.62. The molecule has 0 spiro atoms. The quantitative estimate of drug-likeness (QED) is 0.546. The van der Waals surface area contributed by atoms with Gasteiger partial charge >= 0.3 is 0 Å². The number of para-hydroxylation sites is 2. The molecule has 0 unspecified atom stereocenters. The number of ether oxygens (including phenoxy) is 2. The molecule has 0 aliphatic rings. The second-order valence-electron chi connectivity index (χ2n) is 5.62. The number of rotatable bonds is 8. The number of nitrogens with two attached hydrogens (primary N) is 1. The molecule has 1 heterocycles. The van der Waals surface area contributed by atoms with E-state index in [0.29, 0.717) is 30.5 Å². The summed E-state index contributed by atoms with van der Waals surface area (Å²) < 4.78 is 11.1. The van der Waals surface area contributed by atoms with E-state index in [2.05, 4.69) is 20.6 Å². The van der Waals surface area contributed by atoms with Gasteiger partial charge in [-0.05, 0) is 50.2 Å². The van der Waals surface area contributed by atoms with Crippen LogP contribution >= 0.6 is 0 Å². The first kappa shape index (κ1) is 18.3. The highest BCUT2D eigenvalue weighted by atomic mass is 16.5. The van der Waals surface area contributed by atoms with Crippen molar-refractivity contribution in [2.45, 2.75) is 13.8 Å². The monoisotopic (exact) mass is 365 g/mol. The van der Waals surface area contributed by atoms with E-state index in [9.17, 15) is 0 Å². The zero-order valence-corrected chi connectivity index (χ0v) is 15.4. The van der Waals surface area contributed by atoms with E-state index in [1.165, 1.54) is 6.33 Å². The lowest BCUT2D eigenvalue weighted by molar-refractivity contribution is 0.340. The number of anilines is 5. The van der Waals surface area contributed by atoms with E-state index < -0.39 is 0 Å². The molecule has 2 aromatic carbocycles. The Morgan fingerprint density at radius 3 is 2.22 bits per heavy atom. The summed E-state index contributed by atoms with van der Waals surface area (Å²) in [6, 6.07) is 15.2. The number of nitrogens with zero attached hydrogens (tertiary/aromatic N) is 2. The fourth-order valence-electron chi connectivity index (χ4n) is 2.51. The summed E-state index contributed by atoms with van der Waals surface area (Å²) >= 11 is 0. The van der Waals surface area contributed by atoms with Crippen molar-refractivity contribution in [2.75, 3.05) is 29.6 Å². The normalized spacial score (nSPS) is 10.3. The van der Waals surface area contributed by atoms with Crippen LogP contribution in [-0.2, 0) is 0 Å². The van der Waals surface area contributed by atoms with Gasteiger partial charge in [-0.15, -0.1) is 0 Å². The third-order valence-corrected chi connectivity index (χ3v) is 3.75. The van der Waals surface area contributed by atoms with Crippen molar-refractivity contribution < 1.29 is 9.47 Å². The molecular formula is C20H23N5O2. The van der Waals surface area contributed by atoms with Crippen LogP contribution in [0, 0.1) is 0 Å². The molecule has 0 fully saturated rings. The molecule has 4 N–H and O–H groups in total. The Hall–Kier alpha value is -3.48. The molecule has 0 atom stereocenters. The minimum absolute atomic E-state index is 0.415. The van der Waals surface area contributed by atoms with Crippen LogP contribution in [0.15, 0.2) is 54.9 Å². The molecule has 0 saturated carbocycles. The highest BCUT2D eigenvalue weighted by molar-refractivity contribution is 5.81. The maximum Gasteiger partial charge on any atom is 0.159 e. The Balaban J connectivity index is 1.80. The Bertz CT molecular complexity index is 884. The van der Waals surface area contributed by atoms with Gasteiger partial charge < -0.3 is 25.8 Å². The first-order chi connectivity index (χ1) is 13.2. The molecular weight excluding hydrogens is 342 g/mol. The lowest BCUT2D eigenvalue weighted by Gasteiger charge is -2.15. The van der Waals surface area contributed by atoms with E-state index in [0.717, 1.165) is 22.9 Å². The Kier molecular flexibility index (Phi) is 5.94. The first-order valence-electron chi connectivity index (χ1n) is 8.80. The summed E-state index contributed by atoms with van der Waals surface area (Å²) in [6.07, 6.45) is 1.46. The number of benzene rings is 2. The lowest BCUT2D eigenvalue weighted by atomic mass is 10.2. The maximum absolute atomic E-state index is 6.27. The van der Waals surface area contributed by atoms with Gasteiger partial charge in [-0.1, -0.05) is 12.1 Å². The Morgan fingerprint density at radius 1 is 0.852 bits per heavy atom. The molecule has 27 heavy (non-hydrogen) atoms. The van der Waals surface area contributed by atoms with Crippen molar-refractivity contribution in [3.05, 3.63) is 54.9 Å². The molecule has 0 aliphatic heterocycles. The largest absolute Gasteiger partial charge is 0.494 e. The van der Waals surface area contributed by atoms with Gasteiger partial charge in [0, 0.05) is 5.69 Å². The fourth-order valence-corrected chi connectivity index (χ4v) is 2.51. The van der Waals surface area contributed by atoms with Crippen LogP contribution in [0.25, 0.3) is 0 Å². The Morgan fingerprint density at radius 2 is 1.52 bits per heavy atom. The highest BCUT2D eigenvalue weighted by Gasteiger charge is 2.11. The van der Waals surface area contributed by atoms with Gasteiger partial charge in [0.2, 0.25) is 0 Å². The van der Waals surface area contributed by atoms with E-state index in [-0.39, 0.29) is 0 Å². The molecule has 3 rings (SSSR count). The van der Waals surface area contributed by atoms with Gasteiger partial charge in [0.05, 0.1) is 18.9 Å². The molecule has 1 aromatic heterocycles. The third-order valence-electron chi connectivity index (χ3n) is 3.75. The van der Waals surface area contributed by atoms with E-state index >= 15 is 0 Å². The minimum Gasteiger partial charge on any atom is -0.494 e. The van der Waals surface area contributed by atoms with Crippen LogP contribution in [0.5, 0.6) is 11.5 Å². The number of nitrogens with one attached hydrogen (secondary N) is 2. The summed E-state index contributed by atoms with van der Waals surface area (Å²) in [5, 5.41) is 6.42. The molecule has 0 saturated heterocycles. The van der Waals surface area contributed by atoms with Gasteiger partial charge in [0.15, 0.2) is 11.6 Å². The maximum atomic E-state index is 6.27. The summed E-state index contributed by atoms with van der Waals surface area (Å²) in [7, 11) is 0. The summed E-state index contributed by atoms with van der Waals surface area (Å²) in [5.74, 6) is 2.57. The number of nitrogen functional groups attached to an aromatic ring is 1. The van der Waals surface area contributed by atoms with Crippen LogP contribution in [-0.4, -0.2) is 23.2 Å². The van der Waals surface area contributed by atoms with Crippen LogP contribution < -0.4 is 25.8 Å². The van der Waals surface area contributed by atoms with Crippen LogP contribution in [0.4, 0.5) is 28.7 Å². The van der Waals surface area contributed by atoms with Crippen molar-refractivity contribution in [2.24, 2.45) is 0 Å². The van der Waals surface area contributed by atoms with Crippen LogP contribution in [0.2, 0.25) is 0 Å². The van der Waals surface area contributed by atoms with Gasteiger partial charge in [-0.3, -0.25) is 0 Å². The standard InChI is InChI=1S/C20H23N5O2/c1-3-26-15-11-9-14(10-12-15)24-19-18(21)20(23-13-22-19)25-16-7-5-6-8-17(16)27-4-2/h5-13H,3-4,21H2,1-2H3,(H2,22,23,24,25). The molecule has 7 nitrogen and oxygen atoms in total. The van der Waals surface area contributed by atoms with Crippen LogP contribution in [0.3, 0.4) is 0 Å². The van der Waals surface area contributed by atoms with Crippen molar-refractivity contribution in [3.63, 3.8) is 0 Å². The lowest BCUT2D eigenvalue weighted by Crippen LogP contribution is -2.06. The molecule has 7 heteroatoms. The summed E-state index contributed by atoms with van der Waals surface area (Å²) in [6.45, 7) is 5.09. The molecule has 0 amide bonds. The minimum atomic E-state index is 0.415. The van der Waals surface area contributed by atoms with Crippen molar-refractivity contribution in [1.82, 2.24) is 9.97 Å². The number of aromatic nitrogens is 2. The van der Waals surface area contributed by atoms with Gasteiger partial charge in [0.1, 0.15) is 23.5 Å². The first-order valence-corrected chi connectivity index (χ1v) is 8.80. The highest BCUT2D eigenvalue weighted by Crippen LogP contribution is 2.32. The number of hydrogen-bond donors (Lipinski definition) is 3. The number of hydrogen-bond acceptors (Lipinski definition) is 7. The van der Waals surface area contributed by atoms with E-state index in [1.807, 2.05) is 62.4 Å². The zero-order chi connectivity index (χ0) is 19.1. The second kappa shape index (κ2) is 8.75. The molecule has 0 bridgehead atoms. The summed E-state index contributed by atoms with van der Waals surface area (Å²) in [5.41, 5.74) is 8.32. The molecule has 3 aromatic rings. The molecule has 140 valence electrons. The Labute approximate surface area is 158 Å². The topological polar surface area (TPSA) is 94.3 Å². The molecule has 0 aliphatic carbocycles. The van der Waals surface area contributed by atoms with Gasteiger partial charge in [-0.25, -0.2) is 9.97 Å². The predicted molar refractivity (Wildman–Crippen MR) is 108 cm³/mol. The van der Waals surface area contributed by atoms with E-state index in [1.54, 1.807) is 0 Å². The average Bonchev–Trinajstić information content (AvgIpc) is 2.68. The average molecular weight is 365 g/mol. The van der Waals surface area contributed by atoms with Crippen molar-refractivity contribution in [3.8, 4) is 11.5 Å². The summed E-state index contributed by atoms with van der Waals surface area (Å²) in [4.78, 5) is 8.50. The zero-order valence-electron chi connectivity index (χ0n) is 15.4. The van der Waals surface area contributed by atoms with E-state index in [4.69, 9.17) is 15.2 Å². The predicted octanol–water partition coefficient (Wildman–Crippen LogP) is 4.34. The van der Waals surface area contributed by atoms with Gasteiger partial charge in [-0.2, -0.15) is 0 Å². The fraction of sp³-hybridized carbons (Fsp3) is 0.200. The smallest absolute Gasteiger partial charge is 0.159 e. The SMILES string of the molecule is CCOc1ccc(Nc2ncnc(Nc3ccccc3OCC)c2N)cc1. The third kappa shape index (κ3) is 4.58. The van der Waals surface area contributed by atoms with Gasteiger partial charge in [0.25, 0.3) is 0 Å². The van der Waals surface area contributed by atoms with Crippen molar-refractivity contribution in [1.29, 1.82) is 0 Å². The van der Waals surface area contributed by atoms with Crippen LogP contribution in [0.1, 0.15) is 13.8 Å². The molecule has 0 radical (unpaired) electrons. The van der Waals surface area contributed by atoms with Crippen molar-refractivity contribution >= 4 is 28.7 Å².